The van der Waals surface area contributed by atoms with E-state index in [9.17, 15) is 9.59 Å². The zero-order chi connectivity index (χ0) is 19.2. The maximum absolute atomic E-state index is 12.3. The van der Waals surface area contributed by atoms with Gasteiger partial charge in [-0.15, -0.1) is 24.8 Å². The van der Waals surface area contributed by atoms with E-state index in [4.69, 9.17) is 11.5 Å². The molecular weight excluding hydrogens is 411 g/mol. The first kappa shape index (κ1) is 24.8. The van der Waals surface area contributed by atoms with Crippen LogP contribution in [0.15, 0.2) is 48.5 Å². The maximum atomic E-state index is 12.3. The van der Waals surface area contributed by atoms with Crippen LogP contribution >= 0.6 is 24.8 Å². The number of nitrogens with two attached hydrogens (primary N) is 2. The van der Waals surface area contributed by atoms with E-state index in [1.165, 1.54) is 0 Å². The van der Waals surface area contributed by atoms with Crippen LogP contribution in [0.3, 0.4) is 0 Å². The summed E-state index contributed by atoms with van der Waals surface area (Å²) in [6.45, 7) is 2.89. The number of hydrogen-bond acceptors (Lipinski definition) is 4. The average molecular weight is 439 g/mol. The van der Waals surface area contributed by atoms with Crippen LogP contribution in [0.4, 0.5) is 5.69 Å². The summed E-state index contributed by atoms with van der Waals surface area (Å²) in [6.07, 6.45) is 1.86. The van der Waals surface area contributed by atoms with Gasteiger partial charge in [0.25, 0.3) is 5.91 Å². The molecule has 8 heteroatoms. The number of rotatable bonds is 6. The van der Waals surface area contributed by atoms with Crippen LogP contribution in [-0.2, 0) is 17.9 Å². The minimum absolute atomic E-state index is 0. The van der Waals surface area contributed by atoms with Crippen molar-refractivity contribution in [1.82, 2.24) is 10.2 Å². The second-order valence-electron chi connectivity index (χ2n) is 7.07. The van der Waals surface area contributed by atoms with Crippen LogP contribution in [0, 0.1) is 5.92 Å². The highest BCUT2D eigenvalue weighted by atomic mass is 35.5. The molecule has 3 rings (SSSR count). The van der Waals surface area contributed by atoms with E-state index in [1.54, 1.807) is 24.3 Å². The van der Waals surface area contributed by atoms with Gasteiger partial charge < -0.3 is 16.8 Å². The molecule has 1 aliphatic rings. The van der Waals surface area contributed by atoms with Crippen molar-refractivity contribution in [2.75, 3.05) is 18.8 Å². The largest absolute Gasteiger partial charge is 0.398 e. The smallest absolute Gasteiger partial charge is 0.253 e. The van der Waals surface area contributed by atoms with Crippen LogP contribution in [-0.4, -0.2) is 29.8 Å². The van der Waals surface area contributed by atoms with Crippen LogP contribution in [0.1, 0.15) is 34.3 Å². The standard InChI is InChI=1S/C21H26N4O2.2ClH/c22-19-9-2-1-8-18(19)21(27)24-12-15-5-3-6-16(11-15)13-25-10-4-7-17(14-25)20(23)26;;/h1-3,5-6,8-9,11,17H,4,7,10,12-14,22H2,(H2,23,26)(H,24,27);2*1H. The summed E-state index contributed by atoms with van der Waals surface area (Å²) < 4.78 is 0. The molecule has 0 saturated carbocycles. The SMILES string of the molecule is Cl.Cl.NC(=O)C1CCCN(Cc2cccc(CNC(=O)c3ccccc3N)c2)C1. The van der Waals surface area contributed by atoms with E-state index in [0.29, 0.717) is 24.3 Å². The number of nitrogens with zero attached hydrogens (tertiary/aromatic N) is 1. The molecule has 2 aromatic carbocycles. The Morgan fingerprint density at radius 1 is 1.07 bits per heavy atom. The quantitative estimate of drug-likeness (QED) is 0.603. The summed E-state index contributed by atoms with van der Waals surface area (Å²) in [4.78, 5) is 26.0. The van der Waals surface area contributed by atoms with Gasteiger partial charge >= 0.3 is 0 Å². The summed E-state index contributed by atoms with van der Waals surface area (Å²) in [7, 11) is 0. The Morgan fingerprint density at radius 2 is 1.79 bits per heavy atom. The topological polar surface area (TPSA) is 101 Å². The molecule has 0 spiro atoms. The summed E-state index contributed by atoms with van der Waals surface area (Å²) >= 11 is 0. The lowest BCUT2D eigenvalue weighted by Crippen LogP contribution is -2.40. The van der Waals surface area contributed by atoms with Gasteiger partial charge in [0.15, 0.2) is 0 Å². The number of nitrogens with one attached hydrogen (secondary N) is 1. The van der Waals surface area contributed by atoms with Crippen LogP contribution in [0.25, 0.3) is 0 Å². The van der Waals surface area contributed by atoms with Crippen LogP contribution < -0.4 is 16.8 Å². The number of piperidine rings is 1. The van der Waals surface area contributed by atoms with Crippen molar-refractivity contribution in [2.24, 2.45) is 11.7 Å². The minimum atomic E-state index is -0.212. The first-order valence-electron chi connectivity index (χ1n) is 9.25. The number of carbonyl (C=O) groups is 2. The van der Waals surface area contributed by atoms with Gasteiger partial charge in [0.05, 0.1) is 11.5 Å². The van der Waals surface area contributed by atoms with Gasteiger partial charge in [-0.05, 0) is 42.6 Å². The molecule has 2 aromatic rings. The molecule has 158 valence electrons. The van der Waals surface area contributed by atoms with Gasteiger partial charge in [-0.3, -0.25) is 14.5 Å². The molecule has 1 fully saturated rings. The van der Waals surface area contributed by atoms with Crippen molar-refractivity contribution >= 4 is 42.3 Å². The molecule has 0 aromatic heterocycles. The zero-order valence-corrected chi connectivity index (χ0v) is 17.8. The lowest BCUT2D eigenvalue weighted by atomic mass is 9.97. The number of primary amides is 1. The molecule has 1 saturated heterocycles. The van der Waals surface area contributed by atoms with Gasteiger partial charge in [0.2, 0.25) is 5.91 Å². The number of carbonyl (C=O) groups excluding carboxylic acids is 2. The first-order chi connectivity index (χ1) is 13.0. The molecule has 6 nitrogen and oxygen atoms in total. The second-order valence-corrected chi connectivity index (χ2v) is 7.07. The Bertz CT molecular complexity index is 832. The Kier molecular flexibility index (Phi) is 9.95. The molecule has 1 unspecified atom stereocenters. The molecule has 0 bridgehead atoms. The number of amides is 2. The lowest BCUT2D eigenvalue weighted by molar-refractivity contribution is -0.123. The average Bonchev–Trinajstić information content (AvgIpc) is 2.67. The highest BCUT2D eigenvalue weighted by Crippen LogP contribution is 2.19. The fourth-order valence-electron chi connectivity index (χ4n) is 3.51. The van der Waals surface area contributed by atoms with Crippen molar-refractivity contribution in [3.05, 3.63) is 65.2 Å². The Labute approximate surface area is 183 Å². The molecule has 1 heterocycles. The van der Waals surface area contributed by atoms with Gasteiger partial charge in [-0.1, -0.05) is 36.4 Å². The zero-order valence-electron chi connectivity index (χ0n) is 16.2. The number of hydrogen-bond donors (Lipinski definition) is 3. The molecule has 29 heavy (non-hydrogen) atoms. The van der Waals surface area contributed by atoms with Crippen molar-refractivity contribution in [3.8, 4) is 0 Å². The molecule has 0 aliphatic carbocycles. The number of nitrogen functional groups attached to an aromatic ring is 1. The van der Waals surface area contributed by atoms with E-state index in [-0.39, 0.29) is 42.5 Å². The van der Waals surface area contributed by atoms with E-state index >= 15 is 0 Å². The van der Waals surface area contributed by atoms with E-state index in [0.717, 1.165) is 37.1 Å². The fraction of sp³-hybridized carbons (Fsp3) is 0.333. The third-order valence-electron chi connectivity index (χ3n) is 4.96. The number of anilines is 1. The van der Waals surface area contributed by atoms with Gasteiger partial charge in [-0.2, -0.15) is 0 Å². The second kappa shape index (κ2) is 11.7. The lowest BCUT2D eigenvalue weighted by Gasteiger charge is -2.31. The highest BCUT2D eigenvalue weighted by Gasteiger charge is 2.23. The van der Waals surface area contributed by atoms with Crippen molar-refractivity contribution in [1.29, 1.82) is 0 Å². The number of para-hydroxylation sites is 1. The molecule has 1 atom stereocenters. The minimum Gasteiger partial charge on any atom is -0.398 e. The Morgan fingerprint density at radius 3 is 2.52 bits per heavy atom. The fourth-order valence-corrected chi connectivity index (χ4v) is 3.51. The highest BCUT2D eigenvalue weighted by molar-refractivity contribution is 5.99. The predicted octanol–water partition coefficient (Wildman–Crippen LogP) is 2.74. The number of benzene rings is 2. The Balaban J connectivity index is 0.00000210. The van der Waals surface area contributed by atoms with E-state index in [2.05, 4.69) is 22.3 Å². The number of likely N-dealkylation sites (tertiary alicyclic amines) is 1. The molecule has 1 aliphatic heterocycles. The van der Waals surface area contributed by atoms with Crippen LogP contribution in [0.2, 0.25) is 0 Å². The number of halogens is 2. The maximum Gasteiger partial charge on any atom is 0.253 e. The monoisotopic (exact) mass is 438 g/mol. The van der Waals surface area contributed by atoms with E-state index in [1.807, 2.05) is 12.1 Å². The van der Waals surface area contributed by atoms with Crippen molar-refractivity contribution in [2.45, 2.75) is 25.9 Å². The summed E-state index contributed by atoms with van der Waals surface area (Å²) in [5.41, 5.74) is 14.5. The summed E-state index contributed by atoms with van der Waals surface area (Å²) in [5.74, 6) is -0.451. The normalized spacial score (nSPS) is 16.2. The van der Waals surface area contributed by atoms with Crippen LogP contribution in [0.5, 0.6) is 0 Å². The first-order valence-corrected chi connectivity index (χ1v) is 9.25. The molecular formula is C21H28Cl2N4O2. The van der Waals surface area contributed by atoms with E-state index < -0.39 is 0 Å². The summed E-state index contributed by atoms with van der Waals surface area (Å²) in [5, 5.41) is 2.92. The molecule has 5 N–H and O–H groups in total. The third kappa shape index (κ3) is 6.92. The van der Waals surface area contributed by atoms with Crippen molar-refractivity contribution < 1.29 is 9.59 Å². The molecule has 2 amide bonds. The summed E-state index contributed by atoms with van der Waals surface area (Å²) in [6, 6.07) is 15.2. The third-order valence-corrected chi connectivity index (χ3v) is 4.96. The predicted molar refractivity (Wildman–Crippen MR) is 120 cm³/mol. The van der Waals surface area contributed by atoms with Gasteiger partial charge in [0.1, 0.15) is 0 Å². The van der Waals surface area contributed by atoms with Gasteiger partial charge in [0, 0.05) is 25.3 Å². The van der Waals surface area contributed by atoms with Gasteiger partial charge in [-0.25, -0.2) is 0 Å². The van der Waals surface area contributed by atoms with Crippen molar-refractivity contribution in [3.63, 3.8) is 0 Å². The molecule has 0 radical (unpaired) electrons. The Hall–Kier alpha value is -2.28.